The molecule has 55 heavy (non-hydrogen) atoms. The van der Waals surface area contributed by atoms with Gasteiger partial charge in [-0.3, -0.25) is 28.2 Å². The molecule has 0 aliphatic heterocycles. The maximum absolute atomic E-state index is 12.6. The predicted octanol–water partition coefficient (Wildman–Crippen LogP) is 8.15. The van der Waals surface area contributed by atoms with E-state index in [1.165, 1.54) is 33.2 Å². The number of hydrogen-bond acceptors (Lipinski definition) is 6. The molecule has 8 rings (SSSR count). The van der Waals surface area contributed by atoms with Gasteiger partial charge >= 0.3 is 18.1 Å². The topological polar surface area (TPSA) is 148 Å². The summed E-state index contributed by atoms with van der Waals surface area (Å²) in [7, 11) is 0. The minimum absolute atomic E-state index is 0.161. The lowest BCUT2D eigenvalue weighted by molar-refractivity contribution is -0.0885. The van der Waals surface area contributed by atoms with Gasteiger partial charge in [-0.05, 0) is 139 Å². The molecule has 2 fully saturated rings. The molecule has 0 bridgehead atoms. The number of rotatable bonds is 7. The molecule has 0 saturated heterocycles. The lowest BCUT2D eigenvalue weighted by Crippen LogP contribution is -2.23. The van der Waals surface area contributed by atoms with Crippen LogP contribution in [-0.2, 0) is 0 Å². The van der Waals surface area contributed by atoms with E-state index in [4.69, 9.17) is 0 Å². The number of aromatic carboxylic acids is 2. The number of hydrogen-bond donors (Lipinski definition) is 2. The van der Waals surface area contributed by atoms with Crippen molar-refractivity contribution in [2.45, 2.75) is 64.5 Å². The normalized spacial score (nSPS) is 14.1. The molecule has 2 aliphatic carbocycles. The summed E-state index contributed by atoms with van der Waals surface area (Å²) in [4.78, 5) is 63.7. The zero-order valence-electron chi connectivity index (χ0n) is 29.9. The summed E-state index contributed by atoms with van der Waals surface area (Å²) in [6.07, 6.45) is 5.66. The zero-order chi connectivity index (χ0) is 39.5. The number of ketones is 1. The van der Waals surface area contributed by atoms with Crippen LogP contribution in [0.15, 0.2) is 89.0 Å². The summed E-state index contributed by atoms with van der Waals surface area (Å²) >= 11 is 0. The van der Waals surface area contributed by atoms with Gasteiger partial charge in [0.2, 0.25) is 0 Å². The summed E-state index contributed by atoms with van der Waals surface area (Å²) in [5.41, 5.74) is 7.32. The first-order valence-corrected chi connectivity index (χ1v) is 17.6. The van der Waals surface area contributed by atoms with Crippen LogP contribution >= 0.6 is 0 Å². The van der Waals surface area contributed by atoms with Gasteiger partial charge in [0, 0.05) is 30.4 Å². The zero-order valence-corrected chi connectivity index (χ0v) is 29.9. The molecular weight excluding hydrogens is 715 g/mol. The maximum atomic E-state index is 12.6. The molecule has 5 aromatic heterocycles. The molecule has 0 unspecified atom stereocenters. The van der Waals surface area contributed by atoms with Gasteiger partial charge in [-0.2, -0.15) is 13.2 Å². The number of halogens is 3. The van der Waals surface area contributed by atoms with Crippen LogP contribution < -0.4 is 11.1 Å². The first-order valence-electron chi connectivity index (χ1n) is 17.6. The van der Waals surface area contributed by atoms with Gasteiger partial charge in [0.1, 0.15) is 11.1 Å². The van der Waals surface area contributed by atoms with Crippen molar-refractivity contribution >= 4 is 28.8 Å². The molecule has 0 atom stereocenters. The Morgan fingerprint density at radius 2 is 1.16 bits per heavy atom. The monoisotopic (exact) mass is 749 g/mol. The van der Waals surface area contributed by atoms with E-state index in [1.54, 1.807) is 31.5 Å². The molecular formula is C42H34F3N3O7. The summed E-state index contributed by atoms with van der Waals surface area (Å²) in [6.45, 7) is 5.79. The molecule has 1 aromatic carbocycles. The molecule has 2 aliphatic rings. The number of fused-ring (bicyclic) bond motifs is 2. The minimum atomic E-state index is -4.94. The van der Waals surface area contributed by atoms with Crippen LogP contribution in [0, 0.1) is 20.8 Å². The highest BCUT2D eigenvalue weighted by Crippen LogP contribution is 2.45. The van der Waals surface area contributed by atoms with Crippen LogP contribution in [0.4, 0.5) is 13.2 Å². The van der Waals surface area contributed by atoms with E-state index in [1.807, 2.05) is 32.2 Å². The van der Waals surface area contributed by atoms with Crippen molar-refractivity contribution in [3.8, 4) is 22.3 Å². The number of pyridine rings is 5. The van der Waals surface area contributed by atoms with E-state index in [0.29, 0.717) is 28.1 Å². The SMILES string of the molecule is Cc1c(-c2ccc(C(=O)C(F)(F)F)cc2)ccn2c(=O)c(C(=O)O)cc(C3CC3)c12.Cc1cnccc1-c1ccn2c(=O)c(C(=O)O)cc(C3CC3)c2c1C. The summed E-state index contributed by atoms with van der Waals surface area (Å²) in [6, 6.07) is 13.6. The Balaban J connectivity index is 0.000000172. The molecule has 13 heteroatoms. The fourth-order valence-corrected chi connectivity index (χ4v) is 7.26. The van der Waals surface area contributed by atoms with Gasteiger partial charge < -0.3 is 10.2 Å². The van der Waals surface area contributed by atoms with Crippen molar-refractivity contribution in [2.24, 2.45) is 0 Å². The van der Waals surface area contributed by atoms with Crippen LogP contribution in [0.3, 0.4) is 0 Å². The standard InChI is InChI=1S/C22H16F3NO4.C20H18N2O3/c1-11-15(12-4-6-14(7-5-12)19(27)22(23,24)25)8-9-26-18(11)16(13-2-3-13)10-17(20(26)28)21(29)30;1-11-10-21-7-5-14(11)15-6-8-22-18(12(15)2)16(13-3-4-13)9-17(19(22)23)20(24)25/h4-10,13H,2-3H2,1H3,(H,29,30);5-10,13H,3-4H2,1-2H3,(H,24,25). The Morgan fingerprint density at radius 3 is 1.60 bits per heavy atom. The molecule has 0 amide bonds. The number of Topliss-reactive ketones (excluding diaryl/α,β-unsaturated/α-hetero) is 1. The lowest BCUT2D eigenvalue weighted by Gasteiger charge is -2.16. The number of aryl methyl sites for hydroxylation is 3. The molecule has 2 N–H and O–H groups in total. The Labute approximate surface area is 311 Å². The van der Waals surface area contributed by atoms with Gasteiger partial charge in [-0.15, -0.1) is 0 Å². The lowest BCUT2D eigenvalue weighted by atomic mass is 9.95. The second-order valence-corrected chi connectivity index (χ2v) is 14.0. The van der Waals surface area contributed by atoms with Crippen molar-refractivity contribution in [1.29, 1.82) is 0 Å². The highest BCUT2D eigenvalue weighted by Gasteiger charge is 2.39. The van der Waals surface area contributed by atoms with E-state index in [2.05, 4.69) is 4.98 Å². The van der Waals surface area contributed by atoms with Crippen LogP contribution in [-0.4, -0.2) is 47.9 Å². The number of nitrogens with zero attached hydrogens (tertiary/aromatic N) is 3. The van der Waals surface area contributed by atoms with Crippen molar-refractivity contribution in [2.75, 3.05) is 0 Å². The molecule has 280 valence electrons. The first kappa shape index (κ1) is 37.0. The van der Waals surface area contributed by atoms with Crippen molar-refractivity contribution in [3.63, 3.8) is 0 Å². The summed E-state index contributed by atoms with van der Waals surface area (Å²) in [5, 5.41) is 18.7. The Hall–Kier alpha value is -6.37. The Kier molecular flexibility index (Phi) is 9.28. The Bertz CT molecular complexity index is 2710. The number of alkyl halides is 3. The van der Waals surface area contributed by atoms with Gasteiger partial charge in [-0.25, -0.2) is 9.59 Å². The van der Waals surface area contributed by atoms with Gasteiger partial charge in [0.15, 0.2) is 0 Å². The third kappa shape index (κ3) is 6.82. The maximum Gasteiger partial charge on any atom is 0.454 e. The fraction of sp³-hybridized carbons (Fsp3) is 0.238. The predicted molar refractivity (Wildman–Crippen MR) is 198 cm³/mol. The number of carbonyl (C=O) groups is 3. The van der Waals surface area contributed by atoms with E-state index in [0.717, 1.165) is 76.7 Å². The van der Waals surface area contributed by atoms with E-state index in [-0.39, 0.29) is 17.0 Å². The Morgan fingerprint density at radius 1 is 0.691 bits per heavy atom. The average Bonchev–Trinajstić information content (AvgIpc) is 4.08. The average molecular weight is 750 g/mol. The molecule has 5 heterocycles. The smallest absolute Gasteiger partial charge is 0.454 e. The third-order valence-electron chi connectivity index (χ3n) is 10.3. The van der Waals surface area contributed by atoms with Crippen LogP contribution in [0.5, 0.6) is 0 Å². The molecule has 0 radical (unpaired) electrons. The summed E-state index contributed by atoms with van der Waals surface area (Å²) < 4.78 is 40.7. The number of carboxylic acid groups (broad SMARTS) is 2. The highest BCUT2D eigenvalue weighted by atomic mass is 19.4. The van der Waals surface area contributed by atoms with Crippen molar-refractivity contribution in [1.82, 2.24) is 13.8 Å². The second-order valence-electron chi connectivity index (χ2n) is 14.0. The third-order valence-corrected chi connectivity index (χ3v) is 10.3. The molecule has 0 spiro atoms. The molecule has 6 aromatic rings. The van der Waals surface area contributed by atoms with E-state index in [9.17, 15) is 47.4 Å². The number of carbonyl (C=O) groups excluding carboxylic acids is 1. The van der Waals surface area contributed by atoms with Crippen LogP contribution in [0.25, 0.3) is 33.3 Å². The second kappa shape index (κ2) is 13.8. The first-order chi connectivity index (χ1) is 26.1. The number of benzene rings is 1. The van der Waals surface area contributed by atoms with Crippen LogP contribution in [0.2, 0.25) is 0 Å². The summed E-state index contributed by atoms with van der Waals surface area (Å²) in [5.74, 6) is -3.87. The molecule has 2 saturated carbocycles. The highest BCUT2D eigenvalue weighted by molar-refractivity contribution is 6.00. The molecule has 10 nitrogen and oxygen atoms in total. The van der Waals surface area contributed by atoms with Crippen LogP contribution in [0.1, 0.15) is 96.4 Å². The van der Waals surface area contributed by atoms with Gasteiger partial charge in [0.25, 0.3) is 16.9 Å². The van der Waals surface area contributed by atoms with E-state index >= 15 is 0 Å². The number of aromatic nitrogens is 3. The van der Waals surface area contributed by atoms with Crippen molar-refractivity contribution in [3.05, 3.63) is 145 Å². The van der Waals surface area contributed by atoms with Gasteiger partial charge in [0.05, 0.1) is 11.0 Å². The fourth-order valence-electron chi connectivity index (χ4n) is 7.26. The van der Waals surface area contributed by atoms with Gasteiger partial charge in [-0.1, -0.05) is 24.3 Å². The number of carboxylic acids is 2. The van der Waals surface area contributed by atoms with E-state index < -0.39 is 40.6 Å². The van der Waals surface area contributed by atoms with Crippen molar-refractivity contribution < 1.29 is 37.8 Å². The quantitative estimate of drug-likeness (QED) is 0.156. The minimum Gasteiger partial charge on any atom is -0.477 e. The largest absolute Gasteiger partial charge is 0.477 e.